The predicted molar refractivity (Wildman–Crippen MR) is 80.4 cm³/mol. The van der Waals surface area contributed by atoms with Crippen LogP contribution < -0.4 is 10.4 Å². The minimum Gasteiger partial charge on any atom is -0.460 e. The van der Waals surface area contributed by atoms with Gasteiger partial charge in [-0.25, -0.2) is 4.98 Å². The summed E-state index contributed by atoms with van der Waals surface area (Å²) >= 11 is 0. The number of carbonyl (C=O) groups excluding carboxylic acids is 1. The largest absolute Gasteiger partial charge is 0.460 e. The van der Waals surface area contributed by atoms with Gasteiger partial charge in [0.1, 0.15) is 11.4 Å². The van der Waals surface area contributed by atoms with Gasteiger partial charge >= 0.3 is 5.97 Å². The Hall–Kier alpha value is -1.82. The molecule has 2 N–H and O–H groups in total. The van der Waals surface area contributed by atoms with Crippen LogP contribution in [0.25, 0.3) is 0 Å². The number of piperidine rings is 1. The van der Waals surface area contributed by atoms with E-state index in [2.05, 4.69) is 15.4 Å². The summed E-state index contributed by atoms with van der Waals surface area (Å²) in [5, 5.41) is 8.77. The molecule has 0 saturated carbocycles. The van der Waals surface area contributed by atoms with Gasteiger partial charge in [0.15, 0.2) is 0 Å². The Morgan fingerprint density at radius 2 is 2.05 bits per heavy atom. The van der Waals surface area contributed by atoms with Crippen molar-refractivity contribution in [2.24, 2.45) is 5.92 Å². The van der Waals surface area contributed by atoms with Gasteiger partial charge in [0.05, 0.1) is 17.8 Å². The lowest BCUT2D eigenvalue weighted by atomic mass is 9.96. The number of nitrogens with one attached hydrogen (secondary N) is 1. The first-order chi connectivity index (χ1) is 9.89. The highest BCUT2D eigenvalue weighted by molar-refractivity contribution is 5.73. The van der Waals surface area contributed by atoms with Crippen LogP contribution in [-0.4, -0.2) is 34.9 Å². The minimum absolute atomic E-state index is 0.0288. The summed E-state index contributed by atoms with van der Waals surface area (Å²) < 4.78 is 5.44. The summed E-state index contributed by atoms with van der Waals surface area (Å²) in [4.78, 5) is 18.5. The highest BCUT2D eigenvalue weighted by Crippen LogP contribution is 2.24. The predicted octanol–water partition coefficient (Wildman–Crippen LogP) is 2.44. The lowest BCUT2D eigenvalue weighted by Crippen LogP contribution is -2.39. The molecule has 1 aromatic heterocycles. The Bertz CT molecular complexity index is 474. The van der Waals surface area contributed by atoms with E-state index < -0.39 is 5.60 Å². The van der Waals surface area contributed by atoms with Gasteiger partial charge in [0, 0.05) is 13.1 Å². The van der Waals surface area contributed by atoms with Crippen molar-refractivity contribution < 1.29 is 14.7 Å². The van der Waals surface area contributed by atoms with E-state index in [1.54, 1.807) is 12.3 Å². The molecule has 1 aliphatic heterocycles. The number of ether oxygens (including phenoxy) is 1. The number of hydrogen-bond acceptors (Lipinski definition) is 6. The van der Waals surface area contributed by atoms with Crippen molar-refractivity contribution in [2.75, 3.05) is 23.5 Å². The van der Waals surface area contributed by atoms with Crippen LogP contribution in [0.1, 0.15) is 33.6 Å². The first kappa shape index (κ1) is 15.6. The zero-order valence-electron chi connectivity index (χ0n) is 12.8. The van der Waals surface area contributed by atoms with Crippen LogP contribution in [-0.2, 0) is 9.53 Å². The quantitative estimate of drug-likeness (QED) is 0.658. The van der Waals surface area contributed by atoms with Crippen LogP contribution in [0.2, 0.25) is 0 Å². The molecule has 6 nitrogen and oxygen atoms in total. The van der Waals surface area contributed by atoms with E-state index >= 15 is 0 Å². The van der Waals surface area contributed by atoms with Crippen LogP contribution in [0, 0.1) is 5.92 Å². The Balaban J connectivity index is 1.89. The molecule has 2 rings (SSSR count). The lowest BCUT2D eigenvalue weighted by Gasteiger charge is -2.33. The monoisotopic (exact) mass is 293 g/mol. The van der Waals surface area contributed by atoms with Crippen LogP contribution in [0.5, 0.6) is 0 Å². The zero-order valence-corrected chi connectivity index (χ0v) is 12.8. The third-order valence-electron chi connectivity index (χ3n) is 3.44. The standard InChI is InChI=1S/C15H23N3O3/c1-15(2,3)21-14(19)11-6-8-18(9-7-11)13-5-4-12(17-20)10-16-13/h4-5,10-11,17,20H,6-9H2,1-3H3. The second kappa shape index (κ2) is 6.30. The first-order valence-corrected chi connectivity index (χ1v) is 7.23. The third kappa shape index (κ3) is 4.32. The summed E-state index contributed by atoms with van der Waals surface area (Å²) in [6.07, 6.45) is 3.13. The van der Waals surface area contributed by atoms with Gasteiger partial charge in [-0.15, -0.1) is 0 Å². The van der Waals surface area contributed by atoms with Gasteiger partial charge in [-0.2, -0.15) is 0 Å². The number of esters is 1. The number of hydrogen-bond donors (Lipinski definition) is 2. The van der Waals surface area contributed by atoms with Crippen molar-refractivity contribution in [1.29, 1.82) is 0 Å². The fraction of sp³-hybridized carbons (Fsp3) is 0.600. The Morgan fingerprint density at radius 3 is 2.52 bits per heavy atom. The van der Waals surface area contributed by atoms with Gasteiger partial charge < -0.3 is 9.64 Å². The third-order valence-corrected chi connectivity index (χ3v) is 3.44. The topological polar surface area (TPSA) is 74.7 Å². The fourth-order valence-electron chi connectivity index (χ4n) is 2.37. The van der Waals surface area contributed by atoms with E-state index in [1.807, 2.05) is 26.8 Å². The molecule has 1 aromatic rings. The number of rotatable bonds is 3. The summed E-state index contributed by atoms with van der Waals surface area (Å²) in [6.45, 7) is 7.23. The summed E-state index contributed by atoms with van der Waals surface area (Å²) in [6, 6.07) is 3.62. The Morgan fingerprint density at radius 1 is 1.38 bits per heavy atom. The fourth-order valence-corrected chi connectivity index (χ4v) is 2.37. The van der Waals surface area contributed by atoms with Crippen LogP contribution in [0.15, 0.2) is 18.3 Å². The SMILES string of the molecule is CC(C)(C)OC(=O)C1CCN(c2ccc(NO)cn2)CC1. The Kier molecular flexibility index (Phi) is 4.67. The highest BCUT2D eigenvalue weighted by atomic mass is 16.6. The number of pyridine rings is 1. The molecule has 0 unspecified atom stereocenters. The molecule has 0 aliphatic carbocycles. The molecule has 0 atom stereocenters. The number of anilines is 2. The minimum atomic E-state index is -0.428. The van der Waals surface area contributed by atoms with Gasteiger partial charge in [0.25, 0.3) is 0 Å². The zero-order chi connectivity index (χ0) is 15.5. The number of aromatic nitrogens is 1. The molecule has 116 valence electrons. The molecular weight excluding hydrogens is 270 g/mol. The molecular formula is C15H23N3O3. The van der Waals surface area contributed by atoms with E-state index in [9.17, 15) is 4.79 Å². The number of nitrogens with zero attached hydrogens (tertiary/aromatic N) is 2. The maximum Gasteiger partial charge on any atom is 0.309 e. The molecule has 1 aliphatic rings. The van der Waals surface area contributed by atoms with Crippen molar-refractivity contribution in [3.8, 4) is 0 Å². The second-order valence-electron chi connectivity index (χ2n) is 6.31. The molecule has 0 amide bonds. The summed E-state index contributed by atoms with van der Waals surface area (Å²) in [5.41, 5.74) is 2.19. The van der Waals surface area contributed by atoms with E-state index in [0.29, 0.717) is 5.69 Å². The van der Waals surface area contributed by atoms with Gasteiger partial charge in [-0.1, -0.05) is 0 Å². The first-order valence-electron chi connectivity index (χ1n) is 7.23. The molecule has 0 bridgehead atoms. The second-order valence-corrected chi connectivity index (χ2v) is 6.31. The average molecular weight is 293 g/mol. The van der Waals surface area contributed by atoms with Crippen molar-refractivity contribution in [3.63, 3.8) is 0 Å². The average Bonchev–Trinajstić information content (AvgIpc) is 2.46. The smallest absolute Gasteiger partial charge is 0.309 e. The molecule has 1 saturated heterocycles. The van der Waals surface area contributed by atoms with E-state index in [0.717, 1.165) is 31.7 Å². The molecule has 0 spiro atoms. The highest BCUT2D eigenvalue weighted by Gasteiger charge is 2.29. The normalized spacial score (nSPS) is 16.7. The summed E-state index contributed by atoms with van der Waals surface area (Å²) in [7, 11) is 0. The van der Waals surface area contributed by atoms with Crippen molar-refractivity contribution in [1.82, 2.24) is 4.98 Å². The van der Waals surface area contributed by atoms with Crippen molar-refractivity contribution in [2.45, 2.75) is 39.2 Å². The molecule has 6 heteroatoms. The van der Waals surface area contributed by atoms with Crippen molar-refractivity contribution in [3.05, 3.63) is 18.3 Å². The summed E-state index contributed by atoms with van der Waals surface area (Å²) in [5.74, 6) is 0.727. The molecule has 0 aromatic carbocycles. The molecule has 2 heterocycles. The van der Waals surface area contributed by atoms with E-state index in [4.69, 9.17) is 9.94 Å². The van der Waals surface area contributed by atoms with Gasteiger partial charge in [-0.3, -0.25) is 15.5 Å². The van der Waals surface area contributed by atoms with Gasteiger partial charge in [-0.05, 0) is 45.7 Å². The van der Waals surface area contributed by atoms with E-state index in [-0.39, 0.29) is 11.9 Å². The van der Waals surface area contributed by atoms with Crippen LogP contribution in [0.4, 0.5) is 11.5 Å². The molecule has 21 heavy (non-hydrogen) atoms. The maximum absolute atomic E-state index is 12.0. The number of carbonyl (C=O) groups is 1. The van der Waals surface area contributed by atoms with Gasteiger partial charge in [0.2, 0.25) is 0 Å². The van der Waals surface area contributed by atoms with Crippen LogP contribution >= 0.6 is 0 Å². The maximum atomic E-state index is 12.0. The van der Waals surface area contributed by atoms with Crippen molar-refractivity contribution >= 4 is 17.5 Å². The van der Waals surface area contributed by atoms with Crippen LogP contribution in [0.3, 0.4) is 0 Å². The molecule has 1 fully saturated rings. The lowest BCUT2D eigenvalue weighted by molar-refractivity contribution is -0.160. The molecule has 0 radical (unpaired) electrons. The van der Waals surface area contributed by atoms with E-state index in [1.165, 1.54) is 0 Å². The Labute approximate surface area is 125 Å².